The predicted molar refractivity (Wildman–Crippen MR) is 54.9 cm³/mol. The van der Waals surface area contributed by atoms with Gasteiger partial charge < -0.3 is 0 Å². The molecule has 0 nitrogen and oxygen atoms in total. The third kappa shape index (κ3) is 7.68. The van der Waals surface area contributed by atoms with Gasteiger partial charge in [0.25, 0.3) is 0 Å². The smallest absolute Gasteiger partial charge is 0.109 e. The Morgan fingerprint density at radius 2 is 2.00 bits per heavy atom. The molecule has 0 radical (unpaired) electrons. The second-order valence-corrected chi connectivity index (χ2v) is 19.1. The van der Waals surface area contributed by atoms with Crippen LogP contribution in [-0.4, -0.2) is 3.79 Å². The third-order valence-corrected chi connectivity index (χ3v) is 5.36. The van der Waals surface area contributed by atoms with Crippen LogP contribution < -0.4 is 0 Å². The van der Waals surface area contributed by atoms with Gasteiger partial charge in [-0.2, -0.15) is 0 Å². The van der Waals surface area contributed by atoms with E-state index in [-0.39, 0.29) is 3.79 Å². The van der Waals surface area contributed by atoms with E-state index in [0.29, 0.717) is 0 Å². The van der Waals surface area contributed by atoms with Gasteiger partial charge in [-0.15, -0.1) is 43.6 Å². The predicted octanol–water partition coefficient (Wildman–Crippen LogP) is 2.88. The fourth-order valence-electron chi connectivity index (χ4n) is 0.358. The fourth-order valence-corrected chi connectivity index (χ4v) is 3.72. The molecule has 0 saturated heterocycles. The highest BCUT2D eigenvalue weighted by molar-refractivity contribution is 14.3. The number of hydrogen-bond acceptors (Lipinski definition) is 0. The lowest BCUT2D eigenvalue weighted by molar-refractivity contribution is 0.883. The van der Waals surface area contributed by atoms with Crippen LogP contribution in [0.25, 0.3) is 0 Å². The number of halogens is 2. The summed E-state index contributed by atoms with van der Waals surface area (Å²) in [6.45, 7) is 2.25. The molecule has 3 heteroatoms. The van der Waals surface area contributed by atoms with E-state index in [1.165, 1.54) is 18.9 Å². The maximum atomic E-state index is 2.59. The summed E-state index contributed by atoms with van der Waals surface area (Å²) >= 11 is 5.18. The first-order valence-corrected chi connectivity index (χ1v) is 11.7. The van der Waals surface area contributed by atoms with Crippen molar-refractivity contribution in [3.63, 3.8) is 0 Å². The van der Waals surface area contributed by atoms with Gasteiger partial charge in [0.15, 0.2) is 3.79 Å². The highest BCUT2D eigenvalue weighted by atomic mass is 127. The number of unbranched alkanes of at least 4 members (excludes halogenated alkanes) is 1. The van der Waals surface area contributed by atoms with Crippen molar-refractivity contribution in [1.29, 1.82) is 0 Å². The van der Waals surface area contributed by atoms with Crippen LogP contribution >= 0.6 is 43.6 Å². The molecular formula is C4H10I2Si. The quantitative estimate of drug-likeness (QED) is 0.421. The van der Waals surface area contributed by atoms with Crippen LogP contribution in [0.15, 0.2) is 0 Å². The average molecular weight is 340 g/mol. The molecule has 0 spiro atoms. The molecular weight excluding hydrogens is 330 g/mol. The van der Waals surface area contributed by atoms with Crippen LogP contribution in [0.3, 0.4) is 0 Å². The lowest BCUT2D eigenvalue weighted by Gasteiger charge is -1.93. The van der Waals surface area contributed by atoms with Gasteiger partial charge in [0.05, 0.1) is 0 Å². The molecule has 7 heavy (non-hydrogen) atoms. The van der Waals surface area contributed by atoms with Gasteiger partial charge in [0, 0.05) is 0 Å². The zero-order chi connectivity index (χ0) is 5.70. The minimum atomic E-state index is -0.248. The molecule has 0 atom stereocenters. The normalized spacial score (nSPS) is 10.3. The second kappa shape index (κ2) is 5.81. The van der Waals surface area contributed by atoms with E-state index < -0.39 is 0 Å². The Labute approximate surface area is 72.5 Å². The summed E-state index contributed by atoms with van der Waals surface area (Å²) < 4.78 is -0.248. The van der Waals surface area contributed by atoms with E-state index >= 15 is 0 Å². The maximum absolute atomic E-state index is 2.59. The zero-order valence-electron chi connectivity index (χ0n) is 4.45. The van der Waals surface area contributed by atoms with Crippen LogP contribution in [0.4, 0.5) is 0 Å². The topological polar surface area (TPSA) is 0 Å². The van der Waals surface area contributed by atoms with Crippen molar-refractivity contribution in [1.82, 2.24) is 0 Å². The molecule has 0 rings (SSSR count). The summed E-state index contributed by atoms with van der Waals surface area (Å²) in [5, 5.41) is 0. The first kappa shape index (κ1) is 8.68. The van der Waals surface area contributed by atoms with Crippen molar-refractivity contribution in [2.45, 2.75) is 25.8 Å². The minimum absolute atomic E-state index is 0.248. The molecule has 0 aliphatic rings. The summed E-state index contributed by atoms with van der Waals surface area (Å²) in [4.78, 5) is 0. The van der Waals surface area contributed by atoms with Gasteiger partial charge in [0.1, 0.15) is 0 Å². The monoisotopic (exact) mass is 340 g/mol. The fraction of sp³-hybridized carbons (Fsp3) is 1.00. The molecule has 0 aliphatic heterocycles. The van der Waals surface area contributed by atoms with Gasteiger partial charge in [-0.25, -0.2) is 0 Å². The molecule has 0 amide bonds. The first-order valence-electron chi connectivity index (χ1n) is 2.55. The van der Waals surface area contributed by atoms with Crippen LogP contribution in [0.1, 0.15) is 19.8 Å². The summed E-state index contributed by atoms with van der Waals surface area (Å²) in [7, 11) is 0. The van der Waals surface area contributed by atoms with Crippen LogP contribution in [0.5, 0.6) is 0 Å². The Balaban J connectivity index is 2.68. The maximum Gasteiger partial charge on any atom is 0.177 e. The molecule has 0 aliphatic carbocycles. The highest BCUT2D eigenvalue weighted by Crippen LogP contribution is 2.12. The van der Waals surface area contributed by atoms with Crippen LogP contribution in [-0.2, 0) is 0 Å². The summed E-state index contributed by atoms with van der Waals surface area (Å²) in [5.74, 6) is 0. The molecule has 0 saturated carbocycles. The number of hydrogen-bond donors (Lipinski definition) is 0. The summed E-state index contributed by atoms with van der Waals surface area (Å²) in [5.41, 5.74) is 0. The van der Waals surface area contributed by atoms with Gasteiger partial charge in [-0.1, -0.05) is 19.8 Å². The molecule has 44 valence electrons. The number of rotatable bonds is 3. The van der Waals surface area contributed by atoms with E-state index in [1.807, 2.05) is 0 Å². The summed E-state index contributed by atoms with van der Waals surface area (Å²) in [6, 6.07) is 1.51. The van der Waals surface area contributed by atoms with E-state index in [9.17, 15) is 0 Å². The van der Waals surface area contributed by atoms with Crippen molar-refractivity contribution >= 4 is 47.4 Å². The van der Waals surface area contributed by atoms with Crippen molar-refractivity contribution in [2.24, 2.45) is 0 Å². The van der Waals surface area contributed by atoms with Crippen molar-refractivity contribution < 1.29 is 0 Å². The molecule has 0 fully saturated rings. The molecule has 0 aromatic rings. The van der Waals surface area contributed by atoms with Crippen LogP contribution in [0, 0.1) is 0 Å². The first-order chi connectivity index (χ1) is 3.27. The zero-order valence-corrected chi connectivity index (χ0v) is 9.92. The van der Waals surface area contributed by atoms with Crippen molar-refractivity contribution in [3.05, 3.63) is 0 Å². The SMILES string of the molecule is CCCC[SiH](I)I. The average Bonchev–Trinajstić information content (AvgIpc) is 1.61. The molecule has 0 bridgehead atoms. The molecule has 0 N–H and O–H groups in total. The lowest BCUT2D eigenvalue weighted by atomic mass is 10.4. The van der Waals surface area contributed by atoms with Gasteiger partial charge >= 0.3 is 0 Å². The summed E-state index contributed by atoms with van der Waals surface area (Å²) in [6.07, 6.45) is 2.82. The van der Waals surface area contributed by atoms with Gasteiger partial charge in [0.2, 0.25) is 0 Å². The molecule has 0 heterocycles. The highest BCUT2D eigenvalue weighted by Gasteiger charge is 1.95. The van der Waals surface area contributed by atoms with Crippen LogP contribution in [0.2, 0.25) is 6.04 Å². The standard InChI is InChI=1S/C4H10I2Si/c1-2-3-4-7(5)6/h7H,2-4H2,1H3. The van der Waals surface area contributed by atoms with E-state index in [2.05, 4.69) is 50.5 Å². The Morgan fingerprint density at radius 3 is 2.14 bits per heavy atom. The van der Waals surface area contributed by atoms with Crippen molar-refractivity contribution in [2.75, 3.05) is 0 Å². The Hall–Kier alpha value is 1.68. The largest absolute Gasteiger partial charge is 0.177 e. The van der Waals surface area contributed by atoms with Gasteiger partial charge in [-0.05, 0) is 6.04 Å². The second-order valence-electron chi connectivity index (χ2n) is 1.53. The minimum Gasteiger partial charge on any atom is -0.109 e. The molecule has 0 unspecified atom stereocenters. The van der Waals surface area contributed by atoms with E-state index in [1.54, 1.807) is 0 Å². The van der Waals surface area contributed by atoms with Crippen molar-refractivity contribution in [3.8, 4) is 0 Å². The Kier molecular flexibility index (Phi) is 7.20. The van der Waals surface area contributed by atoms with Gasteiger partial charge in [-0.3, -0.25) is 0 Å². The molecule has 0 aromatic heterocycles. The molecule has 0 aromatic carbocycles. The van der Waals surface area contributed by atoms with E-state index in [0.717, 1.165) is 0 Å². The lowest BCUT2D eigenvalue weighted by Crippen LogP contribution is -1.86. The Bertz CT molecular complexity index is 38.7. The van der Waals surface area contributed by atoms with E-state index in [4.69, 9.17) is 0 Å². The Morgan fingerprint density at radius 1 is 1.43 bits per heavy atom. The third-order valence-electron chi connectivity index (χ3n) is 0.776.